The van der Waals surface area contributed by atoms with E-state index >= 15 is 0 Å². The Bertz CT molecular complexity index is 688. The number of para-hydroxylation sites is 1. The minimum absolute atomic E-state index is 0.0191. The van der Waals surface area contributed by atoms with E-state index in [0.29, 0.717) is 26.3 Å². The number of carbonyl (C=O) groups excluding carboxylic acids is 1. The van der Waals surface area contributed by atoms with E-state index in [4.69, 9.17) is 9.47 Å². The van der Waals surface area contributed by atoms with Gasteiger partial charge in [-0.15, -0.1) is 0 Å². The molecule has 0 radical (unpaired) electrons. The molecule has 3 aliphatic rings. The fraction of sp³-hybridized carbons (Fsp3) is 0.556. The summed E-state index contributed by atoms with van der Waals surface area (Å²) in [5.41, 5.74) is -0.174. The van der Waals surface area contributed by atoms with Crippen molar-refractivity contribution in [1.29, 1.82) is 0 Å². The van der Waals surface area contributed by atoms with Crippen LogP contribution in [-0.4, -0.2) is 79.3 Å². The molecule has 0 saturated carbocycles. The lowest BCUT2D eigenvalue weighted by molar-refractivity contribution is -0.152. The molecule has 0 aliphatic carbocycles. The fourth-order valence-corrected chi connectivity index (χ4v) is 4.08. The van der Waals surface area contributed by atoms with Crippen molar-refractivity contribution >= 4 is 11.9 Å². The summed E-state index contributed by atoms with van der Waals surface area (Å²) in [6, 6.07) is 7.54. The number of carboxylic acids is 1. The molecule has 7 nitrogen and oxygen atoms in total. The average Bonchev–Trinajstić information content (AvgIpc) is 3.04. The van der Waals surface area contributed by atoms with Crippen molar-refractivity contribution < 1.29 is 24.2 Å². The third-order valence-electron chi connectivity index (χ3n) is 5.56. The third-order valence-corrected chi connectivity index (χ3v) is 5.56. The first-order valence-electron chi connectivity index (χ1n) is 8.63. The SMILES string of the molecule is O=C(CN1CCOCC1)N1C[C@H]2c3ccccc3OC[C@@]2(C(=O)O)C1. The van der Waals surface area contributed by atoms with E-state index in [9.17, 15) is 14.7 Å². The predicted octanol–water partition coefficient (Wildman–Crippen LogP) is 0.408. The number of amides is 1. The maximum absolute atomic E-state index is 12.7. The minimum Gasteiger partial charge on any atom is -0.492 e. The van der Waals surface area contributed by atoms with E-state index in [1.807, 2.05) is 24.3 Å². The quantitative estimate of drug-likeness (QED) is 0.854. The van der Waals surface area contributed by atoms with E-state index in [1.54, 1.807) is 4.90 Å². The van der Waals surface area contributed by atoms with E-state index in [1.165, 1.54) is 0 Å². The maximum atomic E-state index is 12.7. The van der Waals surface area contributed by atoms with Gasteiger partial charge in [0.05, 0.1) is 19.8 Å². The van der Waals surface area contributed by atoms with Crippen LogP contribution in [0.4, 0.5) is 0 Å². The largest absolute Gasteiger partial charge is 0.492 e. The van der Waals surface area contributed by atoms with Crippen LogP contribution in [0.1, 0.15) is 11.5 Å². The summed E-state index contributed by atoms with van der Waals surface area (Å²) < 4.78 is 11.0. The Morgan fingerprint density at radius 1 is 1.24 bits per heavy atom. The van der Waals surface area contributed by atoms with Gasteiger partial charge in [-0.3, -0.25) is 14.5 Å². The molecule has 2 saturated heterocycles. The molecule has 3 heterocycles. The van der Waals surface area contributed by atoms with Gasteiger partial charge in [0.1, 0.15) is 17.8 Å². The second-order valence-corrected chi connectivity index (χ2v) is 7.00. The summed E-state index contributed by atoms with van der Waals surface area (Å²) in [5.74, 6) is -0.418. The van der Waals surface area contributed by atoms with Crippen LogP contribution in [0.5, 0.6) is 5.75 Å². The molecular weight excluding hydrogens is 324 g/mol. The zero-order chi connectivity index (χ0) is 17.4. The van der Waals surface area contributed by atoms with Gasteiger partial charge in [-0.2, -0.15) is 0 Å². The van der Waals surface area contributed by atoms with Crippen molar-refractivity contribution in [2.24, 2.45) is 5.41 Å². The number of carboxylic acid groups (broad SMARTS) is 1. The van der Waals surface area contributed by atoms with E-state index in [0.717, 1.165) is 24.4 Å². The molecule has 7 heteroatoms. The van der Waals surface area contributed by atoms with Gasteiger partial charge in [0.25, 0.3) is 0 Å². The number of rotatable bonds is 3. The molecule has 3 aliphatic heterocycles. The Hall–Kier alpha value is -2.12. The standard InChI is InChI=1S/C18H22N2O5/c21-16(10-19-5-7-24-8-6-19)20-9-14-13-3-1-2-4-15(13)25-12-18(14,11-20)17(22)23/h1-4,14H,5-12H2,(H,22,23)/t14-,18-/m0/s1. The van der Waals surface area contributed by atoms with Gasteiger partial charge in [0, 0.05) is 37.7 Å². The van der Waals surface area contributed by atoms with E-state index in [2.05, 4.69) is 4.90 Å². The van der Waals surface area contributed by atoms with Gasteiger partial charge >= 0.3 is 5.97 Å². The lowest BCUT2D eigenvalue weighted by Crippen LogP contribution is -2.47. The molecule has 4 rings (SSSR count). The molecule has 134 valence electrons. The highest BCUT2D eigenvalue weighted by atomic mass is 16.5. The monoisotopic (exact) mass is 346 g/mol. The van der Waals surface area contributed by atoms with Crippen LogP contribution in [0.3, 0.4) is 0 Å². The Kier molecular flexibility index (Phi) is 4.13. The number of likely N-dealkylation sites (tertiary alicyclic amines) is 1. The number of hydrogen-bond donors (Lipinski definition) is 1. The van der Waals surface area contributed by atoms with Crippen molar-refractivity contribution in [3.05, 3.63) is 29.8 Å². The second kappa shape index (κ2) is 6.31. The number of benzene rings is 1. The van der Waals surface area contributed by atoms with Crippen LogP contribution in [0.15, 0.2) is 24.3 Å². The molecule has 1 aromatic carbocycles. The molecule has 0 bridgehead atoms. The molecule has 1 N–H and O–H groups in total. The van der Waals surface area contributed by atoms with Crippen molar-refractivity contribution in [1.82, 2.24) is 9.80 Å². The molecule has 2 atom stereocenters. The summed E-state index contributed by atoms with van der Waals surface area (Å²) in [7, 11) is 0. The first kappa shape index (κ1) is 16.4. The number of aliphatic carboxylic acids is 1. The summed E-state index contributed by atoms with van der Waals surface area (Å²) in [6.07, 6.45) is 0. The maximum Gasteiger partial charge on any atom is 0.315 e. The van der Waals surface area contributed by atoms with Gasteiger partial charge in [0.15, 0.2) is 0 Å². The molecule has 2 fully saturated rings. The molecule has 1 amide bonds. The summed E-state index contributed by atoms with van der Waals surface area (Å²) in [4.78, 5) is 28.6. The highest BCUT2D eigenvalue weighted by molar-refractivity contribution is 5.83. The molecule has 0 spiro atoms. The lowest BCUT2D eigenvalue weighted by Gasteiger charge is -2.35. The Labute approximate surface area is 146 Å². The number of carbonyl (C=O) groups is 2. The van der Waals surface area contributed by atoms with Crippen LogP contribution in [0.25, 0.3) is 0 Å². The summed E-state index contributed by atoms with van der Waals surface area (Å²) in [6.45, 7) is 3.78. The Morgan fingerprint density at radius 2 is 2.00 bits per heavy atom. The van der Waals surface area contributed by atoms with Crippen LogP contribution in [0.2, 0.25) is 0 Å². The minimum atomic E-state index is -1.06. The van der Waals surface area contributed by atoms with E-state index < -0.39 is 11.4 Å². The van der Waals surface area contributed by atoms with Gasteiger partial charge in [-0.25, -0.2) is 0 Å². The topological polar surface area (TPSA) is 79.3 Å². The highest BCUT2D eigenvalue weighted by Crippen LogP contribution is 2.49. The smallest absolute Gasteiger partial charge is 0.315 e. The first-order chi connectivity index (χ1) is 12.1. The number of ether oxygens (including phenoxy) is 2. The summed E-state index contributed by atoms with van der Waals surface area (Å²) in [5, 5.41) is 9.90. The Balaban J connectivity index is 1.56. The number of nitrogens with zero attached hydrogens (tertiary/aromatic N) is 2. The molecule has 0 aromatic heterocycles. The molecular formula is C18H22N2O5. The van der Waals surface area contributed by atoms with Crippen molar-refractivity contribution in [2.75, 3.05) is 52.5 Å². The molecule has 1 aromatic rings. The highest BCUT2D eigenvalue weighted by Gasteiger charge is 2.57. The number of morpholine rings is 1. The second-order valence-electron chi connectivity index (χ2n) is 7.00. The van der Waals surface area contributed by atoms with Crippen LogP contribution < -0.4 is 4.74 Å². The zero-order valence-electron chi connectivity index (χ0n) is 14.0. The van der Waals surface area contributed by atoms with Gasteiger partial charge in [-0.1, -0.05) is 18.2 Å². The lowest BCUT2D eigenvalue weighted by atomic mass is 9.73. The summed E-state index contributed by atoms with van der Waals surface area (Å²) >= 11 is 0. The number of fused-ring (bicyclic) bond motifs is 3. The van der Waals surface area contributed by atoms with Crippen molar-refractivity contribution in [3.63, 3.8) is 0 Å². The van der Waals surface area contributed by atoms with Crippen LogP contribution >= 0.6 is 0 Å². The zero-order valence-corrected chi connectivity index (χ0v) is 14.0. The first-order valence-corrected chi connectivity index (χ1v) is 8.63. The van der Waals surface area contributed by atoms with Gasteiger partial charge < -0.3 is 19.5 Å². The normalized spacial score (nSPS) is 28.8. The fourth-order valence-electron chi connectivity index (χ4n) is 4.08. The average molecular weight is 346 g/mol. The van der Waals surface area contributed by atoms with Crippen molar-refractivity contribution in [2.45, 2.75) is 5.92 Å². The molecule has 0 unspecified atom stereocenters. The van der Waals surface area contributed by atoms with Crippen molar-refractivity contribution in [3.8, 4) is 5.75 Å². The number of hydrogen-bond acceptors (Lipinski definition) is 5. The molecule has 25 heavy (non-hydrogen) atoms. The predicted molar refractivity (Wildman–Crippen MR) is 88.6 cm³/mol. The van der Waals surface area contributed by atoms with Gasteiger partial charge in [0.2, 0.25) is 5.91 Å². The van der Waals surface area contributed by atoms with Crippen LogP contribution in [0, 0.1) is 5.41 Å². The van der Waals surface area contributed by atoms with Gasteiger partial charge in [-0.05, 0) is 6.07 Å². The van der Waals surface area contributed by atoms with Crippen LogP contribution in [-0.2, 0) is 14.3 Å². The third kappa shape index (κ3) is 2.77. The van der Waals surface area contributed by atoms with E-state index in [-0.39, 0.29) is 25.0 Å². The Morgan fingerprint density at radius 3 is 2.76 bits per heavy atom.